The molecule has 1 heterocycles. The molecule has 1 aliphatic carbocycles. The van der Waals surface area contributed by atoms with Crippen molar-refractivity contribution in [2.45, 2.75) is 38.3 Å². The first kappa shape index (κ1) is 14.1. The van der Waals surface area contributed by atoms with Crippen LogP contribution in [0, 0.1) is 5.82 Å². The Morgan fingerprint density at radius 3 is 3.05 bits per heavy atom. The molecule has 1 N–H and O–H groups in total. The molecular weight excluding hydrogens is 293 g/mol. The van der Waals surface area contributed by atoms with Crippen LogP contribution in [0.4, 0.5) is 4.39 Å². The summed E-state index contributed by atoms with van der Waals surface area (Å²) in [5.41, 5.74) is 2.31. The molecule has 106 valence electrons. The average Bonchev–Trinajstić information content (AvgIpc) is 2.80. The first-order chi connectivity index (χ1) is 9.63. The van der Waals surface area contributed by atoms with Crippen molar-refractivity contribution < 1.29 is 4.39 Å². The lowest BCUT2D eigenvalue weighted by Crippen LogP contribution is -2.27. The van der Waals surface area contributed by atoms with Crippen LogP contribution in [-0.2, 0) is 6.42 Å². The van der Waals surface area contributed by atoms with E-state index in [0.29, 0.717) is 6.04 Å². The summed E-state index contributed by atoms with van der Waals surface area (Å²) in [5, 5.41) is 3.61. The molecular formula is C16H17ClFNS. The Kier molecular flexibility index (Phi) is 4.11. The number of aryl methyl sites for hydroxylation is 1. The van der Waals surface area contributed by atoms with E-state index < -0.39 is 0 Å². The first-order valence-electron chi connectivity index (χ1n) is 6.93. The fourth-order valence-electron chi connectivity index (χ4n) is 2.87. The lowest BCUT2D eigenvalue weighted by atomic mass is 9.93. The smallest absolute Gasteiger partial charge is 0.123 e. The summed E-state index contributed by atoms with van der Waals surface area (Å²) in [7, 11) is 0. The molecule has 0 radical (unpaired) electrons. The van der Waals surface area contributed by atoms with E-state index in [1.165, 1.54) is 22.9 Å². The van der Waals surface area contributed by atoms with E-state index in [9.17, 15) is 4.39 Å². The van der Waals surface area contributed by atoms with Crippen LogP contribution in [0.5, 0.6) is 0 Å². The molecule has 3 rings (SSSR count). The predicted octanol–water partition coefficient (Wildman–Crippen LogP) is 5.27. The molecule has 0 bridgehead atoms. The standard InChI is InChI=1S/C16H17ClFNS/c1-10(11-4-2-5-12(18)8-11)19-14-6-3-7-15-13(14)9-16(17)20-15/h2,4-5,8-10,14,19H,3,6-7H2,1H3/t10-,14?/m1/s1. The van der Waals surface area contributed by atoms with Crippen LogP contribution in [0.25, 0.3) is 0 Å². The van der Waals surface area contributed by atoms with Gasteiger partial charge in [-0.1, -0.05) is 23.7 Å². The van der Waals surface area contributed by atoms with Gasteiger partial charge in [0.15, 0.2) is 0 Å². The van der Waals surface area contributed by atoms with Gasteiger partial charge in [0.2, 0.25) is 0 Å². The molecule has 1 aliphatic rings. The number of thiophene rings is 1. The summed E-state index contributed by atoms with van der Waals surface area (Å²) in [6.45, 7) is 2.08. The van der Waals surface area contributed by atoms with Crippen LogP contribution in [0.1, 0.15) is 47.9 Å². The van der Waals surface area contributed by atoms with Crippen LogP contribution >= 0.6 is 22.9 Å². The highest BCUT2D eigenvalue weighted by atomic mass is 35.5. The van der Waals surface area contributed by atoms with Crippen molar-refractivity contribution in [1.29, 1.82) is 0 Å². The topological polar surface area (TPSA) is 12.0 Å². The monoisotopic (exact) mass is 309 g/mol. The molecule has 0 amide bonds. The van der Waals surface area contributed by atoms with Crippen molar-refractivity contribution in [3.63, 3.8) is 0 Å². The third-order valence-corrected chi connectivity index (χ3v) is 5.22. The Hall–Kier alpha value is -0.900. The third-order valence-electron chi connectivity index (χ3n) is 3.88. The molecule has 0 spiro atoms. The lowest BCUT2D eigenvalue weighted by molar-refractivity contribution is 0.417. The summed E-state index contributed by atoms with van der Waals surface area (Å²) in [5.74, 6) is -0.181. The Bertz CT molecular complexity index is 610. The third kappa shape index (κ3) is 2.90. The molecule has 2 aromatic rings. The van der Waals surface area contributed by atoms with Crippen molar-refractivity contribution in [3.05, 3.63) is 56.5 Å². The number of rotatable bonds is 3. The molecule has 1 nitrogen and oxygen atoms in total. The zero-order chi connectivity index (χ0) is 14.1. The van der Waals surface area contributed by atoms with Gasteiger partial charge in [0, 0.05) is 17.0 Å². The largest absolute Gasteiger partial charge is 0.303 e. The van der Waals surface area contributed by atoms with Crippen molar-refractivity contribution in [1.82, 2.24) is 5.32 Å². The number of hydrogen-bond acceptors (Lipinski definition) is 2. The van der Waals surface area contributed by atoms with Crippen LogP contribution in [0.2, 0.25) is 4.34 Å². The highest BCUT2D eigenvalue weighted by Gasteiger charge is 2.24. The van der Waals surface area contributed by atoms with E-state index in [1.54, 1.807) is 23.5 Å². The van der Waals surface area contributed by atoms with Crippen LogP contribution < -0.4 is 5.32 Å². The van der Waals surface area contributed by atoms with E-state index in [-0.39, 0.29) is 11.9 Å². The van der Waals surface area contributed by atoms with Crippen molar-refractivity contribution in [2.24, 2.45) is 0 Å². The summed E-state index contributed by atoms with van der Waals surface area (Å²) < 4.78 is 14.2. The Morgan fingerprint density at radius 1 is 1.40 bits per heavy atom. The van der Waals surface area contributed by atoms with Gasteiger partial charge < -0.3 is 5.32 Å². The summed E-state index contributed by atoms with van der Waals surface area (Å²) >= 11 is 7.82. The van der Waals surface area contributed by atoms with E-state index in [1.807, 2.05) is 6.07 Å². The zero-order valence-corrected chi connectivity index (χ0v) is 12.9. The minimum absolute atomic E-state index is 0.125. The van der Waals surface area contributed by atoms with Gasteiger partial charge in [-0.3, -0.25) is 0 Å². The van der Waals surface area contributed by atoms with Gasteiger partial charge in [-0.2, -0.15) is 0 Å². The molecule has 2 atom stereocenters. The maximum Gasteiger partial charge on any atom is 0.123 e. The summed E-state index contributed by atoms with van der Waals surface area (Å²) in [6, 6.07) is 9.33. The number of benzene rings is 1. The minimum Gasteiger partial charge on any atom is -0.303 e. The Labute approximate surface area is 127 Å². The van der Waals surface area contributed by atoms with Gasteiger partial charge in [0.05, 0.1) is 4.34 Å². The summed E-state index contributed by atoms with van der Waals surface area (Å²) in [6.07, 6.45) is 3.41. The molecule has 1 unspecified atom stereocenters. The van der Waals surface area contributed by atoms with Gasteiger partial charge in [-0.15, -0.1) is 11.3 Å². The average molecular weight is 310 g/mol. The quantitative estimate of drug-likeness (QED) is 0.814. The van der Waals surface area contributed by atoms with Gasteiger partial charge in [0.1, 0.15) is 5.82 Å². The van der Waals surface area contributed by atoms with Crippen molar-refractivity contribution >= 4 is 22.9 Å². The van der Waals surface area contributed by atoms with E-state index in [2.05, 4.69) is 18.3 Å². The van der Waals surface area contributed by atoms with E-state index in [4.69, 9.17) is 11.6 Å². The molecule has 20 heavy (non-hydrogen) atoms. The van der Waals surface area contributed by atoms with Crippen LogP contribution in [0.3, 0.4) is 0 Å². The first-order valence-corrected chi connectivity index (χ1v) is 8.12. The van der Waals surface area contributed by atoms with Crippen molar-refractivity contribution in [2.75, 3.05) is 0 Å². The molecule has 1 aromatic heterocycles. The zero-order valence-electron chi connectivity index (χ0n) is 11.3. The minimum atomic E-state index is -0.181. The Morgan fingerprint density at radius 2 is 2.25 bits per heavy atom. The SMILES string of the molecule is C[C@@H](NC1CCCc2sc(Cl)cc21)c1cccc(F)c1. The predicted molar refractivity (Wildman–Crippen MR) is 83.0 cm³/mol. The van der Waals surface area contributed by atoms with Gasteiger partial charge >= 0.3 is 0 Å². The second-order valence-electron chi connectivity index (χ2n) is 5.32. The molecule has 0 fully saturated rings. The number of fused-ring (bicyclic) bond motifs is 1. The fourth-order valence-corrected chi connectivity index (χ4v) is 4.25. The van der Waals surface area contributed by atoms with Gasteiger partial charge in [-0.25, -0.2) is 4.39 Å². The molecule has 4 heteroatoms. The number of hydrogen-bond donors (Lipinski definition) is 1. The summed E-state index contributed by atoms with van der Waals surface area (Å²) in [4.78, 5) is 1.39. The van der Waals surface area contributed by atoms with E-state index >= 15 is 0 Å². The number of nitrogens with one attached hydrogen (secondary N) is 1. The molecule has 0 saturated heterocycles. The van der Waals surface area contributed by atoms with E-state index in [0.717, 1.165) is 22.7 Å². The second kappa shape index (κ2) is 5.84. The highest BCUT2D eigenvalue weighted by Crippen LogP contribution is 2.38. The van der Waals surface area contributed by atoms with Gasteiger partial charge in [-0.05, 0) is 55.5 Å². The highest BCUT2D eigenvalue weighted by molar-refractivity contribution is 7.16. The molecule has 0 aliphatic heterocycles. The maximum atomic E-state index is 13.3. The second-order valence-corrected chi connectivity index (χ2v) is 7.09. The van der Waals surface area contributed by atoms with Crippen LogP contribution in [0.15, 0.2) is 30.3 Å². The van der Waals surface area contributed by atoms with Crippen molar-refractivity contribution in [3.8, 4) is 0 Å². The molecule has 1 aromatic carbocycles. The van der Waals surface area contributed by atoms with Gasteiger partial charge in [0.25, 0.3) is 0 Å². The fraction of sp³-hybridized carbons (Fsp3) is 0.375. The van der Waals surface area contributed by atoms with Crippen LogP contribution in [-0.4, -0.2) is 0 Å². The maximum absolute atomic E-state index is 13.3. The Balaban J connectivity index is 1.78. The number of halogens is 2. The molecule has 0 saturated carbocycles. The normalized spacial score (nSPS) is 19.6. The lowest BCUT2D eigenvalue weighted by Gasteiger charge is -2.27.